The van der Waals surface area contributed by atoms with Crippen molar-refractivity contribution in [1.29, 1.82) is 0 Å². The van der Waals surface area contributed by atoms with Gasteiger partial charge in [-0.1, -0.05) is 11.6 Å². The minimum Gasteiger partial charge on any atom is -0.324 e. The summed E-state index contributed by atoms with van der Waals surface area (Å²) < 4.78 is 27.9. The molecule has 3 rings (SSSR count). The molecule has 126 valence electrons. The van der Waals surface area contributed by atoms with Crippen molar-refractivity contribution in [3.8, 4) is 11.4 Å². The van der Waals surface area contributed by atoms with Crippen molar-refractivity contribution in [2.24, 2.45) is 0 Å². The molecule has 0 saturated heterocycles. The molecule has 7 heteroatoms. The summed E-state index contributed by atoms with van der Waals surface area (Å²) in [6.45, 7) is 2.76. The molecule has 0 bridgehead atoms. The first-order valence-corrected chi connectivity index (χ1v) is 9.35. The largest absolute Gasteiger partial charge is 0.324 e. The first-order valence-electron chi connectivity index (χ1n) is 7.53. The van der Waals surface area contributed by atoms with E-state index in [0.717, 1.165) is 23.4 Å². The molecule has 3 aromatic rings. The number of hydrogen-bond donors (Lipinski definition) is 0. The summed E-state index contributed by atoms with van der Waals surface area (Å²) in [5.74, 6) is 0.795. The molecule has 0 unspecified atom stereocenters. The summed E-state index contributed by atoms with van der Waals surface area (Å²) in [6, 6.07) is 12.5. The van der Waals surface area contributed by atoms with Crippen molar-refractivity contribution in [2.45, 2.75) is 18.4 Å². The first-order chi connectivity index (χ1) is 11.3. The number of rotatable bonds is 4. The predicted molar refractivity (Wildman–Crippen MR) is 96.7 cm³/mol. The summed E-state index contributed by atoms with van der Waals surface area (Å²) in [4.78, 5) is 4.89. The van der Waals surface area contributed by atoms with Gasteiger partial charge in [-0.2, -0.15) is 0 Å². The second-order valence-corrected chi connectivity index (χ2v) is 8.21. The van der Waals surface area contributed by atoms with Crippen LogP contribution in [-0.4, -0.2) is 36.4 Å². The number of fused-ring (bicyclic) bond motifs is 1. The summed E-state index contributed by atoms with van der Waals surface area (Å²) in [6.07, 6.45) is 0. The van der Waals surface area contributed by atoms with Crippen molar-refractivity contribution in [3.63, 3.8) is 0 Å². The van der Waals surface area contributed by atoms with Crippen LogP contribution in [0, 0.1) is 0 Å². The minimum atomic E-state index is -3.48. The Morgan fingerprint density at radius 3 is 2.38 bits per heavy atom. The summed E-state index contributed by atoms with van der Waals surface area (Å²) in [7, 11) is -0.448. The van der Waals surface area contributed by atoms with Gasteiger partial charge in [0.1, 0.15) is 5.82 Å². The van der Waals surface area contributed by atoms with Crippen molar-refractivity contribution < 1.29 is 8.42 Å². The molecule has 2 aromatic carbocycles. The first kappa shape index (κ1) is 17.0. The third kappa shape index (κ3) is 2.81. The van der Waals surface area contributed by atoms with Crippen molar-refractivity contribution in [3.05, 3.63) is 47.5 Å². The summed E-state index contributed by atoms with van der Waals surface area (Å²) in [5, 5.41) is 0.664. The number of sulfonamides is 1. The Kier molecular flexibility index (Phi) is 4.38. The SMILES string of the molecule is CCn1c(-c2ccc(Cl)cc2)nc2cc(S(=O)(=O)N(C)C)ccc21. The molecule has 0 radical (unpaired) electrons. The second-order valence-electron chi connectivity index (χ2n) is 5.62. The number of hydrogen-bond acceptors (Lipinski definition) is 3. The van der Waals surface area contributed by atoms with Crippen molar-refractivity contribution >= 4 is 32.7 Å². The third-order valence-corrected chi connectivity index (χ3v) is 5.98. The maximum atomic E-state index is 12.3. The maximum Gasteiger partial charge on any atom is 0.242 e. The van der Waals surface area contributed by atoms with Crippen LogP contribution in [0.15, 0.2) is 47.4 Å². The minimum absolute atomic E-state index is 0.239. The van der Waals surface area contributed by atoms with Gasteiger partial charge in [0.2, 0.25) is 10.0 Å². The third-order valence-electron chi connectivity index (χ3n) is 3.92. The Bertz CT molecular complexity index is 993. The Hall–Kier alpha value is -1.89. The number of nitrogens with zero attached hydrogens (tertiary/aromatic N) is 3. The Morgan fingerprint density at radius 1 is 1.12 bits per heavy atom. The monoisotopic (exact) mass is 363 g/mol. The molecule has 0 saturated carbocycles. The molecule has 0 aliphatic rings. The molecule has 0 fully saturated rings. The van der Waals surface area contributed by atoms with Crippen LogP contribution < -0.4 is 0 Å². The zero-order valence-electron chi connectivity index (χ0n) is 13.7. The highest BCUT2D eigenvalue weighted by Gasteiger charge is 2.19. The maximum absolute atomic E-state index is 12.3. The van der Waals surface area contributed by atoms with E-state index in [0.29, 0.717) is 10.5 Å². The van der Waals surface area contributed by atoms with Crippen LogP contribution in [0.1, 0.15) is 6.92 Å². The highest BCUT2D eigenvalue weighted by Crippen LogP contribution is 2.28. The summed E-state index contributed by atoms with van der Waals surface area (Å²) in [5.41, 5.74) is 2.50. The van der Waals surface area contributed by atoms with E-state index < -0.39 is 10.0 Å². The van der Waals surface area contributed by atoms with Gasteiger partial charge in [-0.3, -0.25) is 0 Å². The highest BCUT2D eigenvalue weighted by atomic mass is 35.5. The smallest absolute Gasteiger partial charge is 0.242 e. The fourth-order valence-corrected chi connectivity index (χ4v) is 3.67. The normalized spacial score (nSPS) is 12.2. The van der Waals surface area contributed by atoms with Crippen LogP contribution in [0.5, 0.6) is 0 Å². The average Bonchev–Trinajstić information content (AvgIpc) is 2.92. The van der Waals surface area contributed by atoms with E-state index in [2.05, 4.69) is 9.55 Å². The lowest BCUT2D eigenvalue weighted by atomic mass is 10.2. The van der Waals surface area contributed by atoms with Gasteiger partial charge < -0.3 is 4.57 Å². The van der Waals surface area contributed by atoms with Crippen LogP contribution in [0.3, 0.4) is 0 Å². The fraction of sp³-hybridized carbons (Fsp3) is 0.235. The van der Waals surface area contributed by atoms with Gasteiger partial charge in [-0.25, -0.2) is 17.7 Å². The molecule has 0 N–H and O–H groups in total. The second kappa shape index (κ2) is 6.20. The lowest BCUT2D eigenvalue weighted by molar-refractivity contribution is 0.521. The molecular weight excluding hydrogens is 346 g/mol. The molecule has 24 heavy (non-hydrogen) atoms. The molecule has 1 heterocycles. The Labute approximate surface area is 146 Å². The van der Waals surface area contributed by atoms with E-state index in [1.807, 2.05) is 37.3 Å². The van der Waals surface area contributed by atoms with Gasteiger partial charge in [0.05, 0.1) is 15.9 Å². The van der Waals surface area contributed by atoms with Gasteiger partial charge >= 0.3 is 0 Å². The molecule has 0 atom stereocenters. The van der Waals surface area contributed by atoms with Crippen LogP contribution in [0.2, 0.25) is 5.02 Å². The zero-order chi connectivity index (χ0) is 17.5. The van der Waals surface area contributed by atoms with Gasteiger partial charge in [-0.15, -0.1) is 0 Å². The van der Waals surface area contributed by atoms with Gasteiger partial charge in [0, 0.05) is 31.2 Å². The van der Waals surface area contributed by atoms with Crippen LogP contribution in [0.4, 0.5) is 0 Å². The van der Waals surface area contributed by atoms with E-state index in [1.165, 1.54) is 18.4 Å². The van der Waals surface area contributed by atoms with Gasteiger partial charge in [0.25, 0.3) is 0 Å². The predicted octanol–water partition coefficient (Wildman–Crippen LogP) is 3.63. The molecule has 1 aromatic heterocycles. The van der Waals surface area contributed by atoms with E-state index in [4.69, 9.17) is 11.6 Å². The van der Waals surface area contributed by atoms with Crippen LogP contribution >= 0.6 is 11.6 Å². The van der Waals surface area contributed by atoms with Crippen LogP contribution in [-0.2, 0) is 16.6 Å². The van der Waals surface area contributed by atoms with E-state index in [9.17, 15) is 8.42 Å². The fourth-order valence-electron chi connectivity index (χ4n) is 2.62. The molecule has 0 amide bonds. The number of benzene rings is 2. The van der Waals surface area contributed by atoms with Gasteiger partial charge in [0.15, 0.2) is 0 Å². The number of aryl methyl sites for hydroxylation is 1. The lowest BCUT2D eigenvalue weighted by Gasteiger charge is -2.11. The molecular formula is C17H18ClN3O2S. The van der Waals surface area contributed by atoms with Crippen LogP contribution in [0.25, 0.3) is 22.4 Å². The topological polar surface area (TPSA) is 55.2 Å². The van der Waals surface area contributed by atoms with E-state index in [1.54, 1.807) is 12.1 Å². The number of halogens is 1. The quantitative estimate of drug-likeness (QED) is 0.711. The Balaban J connectivity index is 2.21. The average molecular weight is 364 g/mol. The molecule has 0 aliphatic carbocycles. The Morgan fingerprint density at radius 2 is 1.79 bits per heavy atom. The standard InChI is InChI=1S/C17H18ClN3O2S/c1-4-21-16-10-9-14(24(22,23)20(2)3)11-15(16)19-17(21)12-5-7-13(18)8-6-12/h5-11H,4H2,1-3H3. The van der Waals surface area contributed by atoms with Gasteiger partial charge in [-0.05, 0) is 49.4 Å². The number of imidazole rings is 1. The molecule has 0 aliphatic heterocycles. The van der Waals surface area contributed by atoms with Crippen molar-refractivity contribution in [2.75, 3.05) is 14.1 Å². The highest BCUT2D eigenvalue weighted by molar-refractivity contribution is 7.89. The van der Waals surface area contributed by atoms with E-state index >= 15 is 0 Å². The molecule has 0 spiro atoms. The number of aromatic nitrogens is 2. The van der Waals surface area contributed by atoms with E-state index in [-0.39, 0.29) is 4.90 Å². The lowest BCUT2D eigenvalue weighted by Crippen LogP contribution is -2.22. The molecule has 5 nitrogen and oxygen atoms in total. The zero-order valence-corrected chi connectivity index (χ0v) is 15.3. The van der Waals surface area contributed by atoms with Crippen molar-refractivity contribution in [1.82, 2.24) is 13.9 Å². The summed E-state index contributed by atoms with van der Waals surface area (Å²) >= 11 is 5.95.